The summed E-state index contributed by atoms with van der Waals surface area (Å²) in [4.78, 5) is 29.6. The van der Waals surface area contributed by atoms with E-state index in [9.17, 15) is 22.8 Å². The molecule has 34 heavy (non-hydrogen) atoms. The highest BCUT2D eigenvalue weighted by molar-refractivity contribution is 5.95. The van der Waals surface area contributed by atoms with E-state index in [-0.39, 0.29) is 24.4 Å². The van der Waals surface area contributed by atoms with E-state index < -0.39 is 29.4 Å². The zero-order valence-corrected chi connectivity index (χ0v) is 19.4. The van der Waals surface area contributed by atoms with E-state index in [0.717, 1.165) is 44.6 Å². The molecule has 3 heterocycles. The van der Waals surface area contributed by atoms with Crippen LogP contribution in [0.15, 0.2) is 18.2 Å². The molecular weight excluding hydrogens is 451 g/mol. The number of amides is 2. The van der Waals surface area contributed by atoms with Crippen molar-refractivity contribution in [2.45, 2.75) is 70.0 Å². The Bertz CT molecular complexity index is 981. The molecule has 3 fully saturated rings. The lowest BCUT2D eigenvalue weighted by molar-refractivity contribution is -0.137. The van der Waals surface area contributed by atoms with Gasteiger partial charge in [0.25, 0.3) is 0 Å². The molecule has 2 unspecified atom stereocenters. The third kappa shape index (κ3) is 3.66. The molecule has 3 aliphatic heterocycles. The number of carbonyl (C=O) groups is 2. The van der Waals surface area contributed by atoms with Crippen molar-refractivity contribution in [3.05, 3.63) is 29.3 Å². The molecule has 4 atom stereocenters. The van der Waals surface area contributed by atoms with Crippen molar-refractivity contribution in [3.8, 4) is 0 Å². The topological polar surface area (TPSA) is 71.1 Å². The summed E-state index contributed by atoms with van der Waals surface area (Å²) in [6.07, 6.45) is -1.73. The minimum absolute atomic E-state index is 0.0421. The van der Waals surface area contributed by atoms with Gasteiger partial charge in [0, 0.05) is 37.8 Å². The van der Waals surface area contributed by atoms with Gasteiger partial charge in [0.2, 0.25) is 5.91 Å². The van der Waals surface area contributed by atoms with Crippen molar-refractivity contribution < 1.29 is 32.2 Å². The van der Waals surface area contributed by atoms with Crippen molar-refractivity contribution in [3.63, 3.8) is 0 Å². The molecule has 0 bridgehead atoms. The number of fused-ring (bicyclic) bond motifs is 2. The first-order valence-corrected chi connectivity index (χ1v) is 11.9. The molecule has 5 rings (SSSR count). The van der Waals surface area contributed by atoms with Crippen molar-refractivity contribution in [2.24, 2.45) is 11.3 Å². The standard InChI is InChI=1S/C24H30F3N3O4/c1-14-20-29(21(31)23(14)8-5-18(12-23)28-17-6-9-34-10-7-17)13-15-11-16(24(25,26)27)3-4-19(15)30(20)22(32)33-2/h3-4,11,14,17-18,20,28H,5-10,12-13H2,1-2H3/t14?,18-,20?,23+/m1/s1. The maximum absolute atomic E-state index is 13.8. The average molecular weight is 482 g/mol. The van der Waals surface area contributed by atoms with Gasteiger partial charge in [0.1, 0.15) is 6.17 Å². The van der Waals surface area contributed by atoms with Gasteiger partial charge >= 0.3 is 12.3 Å². The largest absolute Gasteiger partial charge is 0.452 e. The molecule has 7 nitrogen and oxygen atoms in total. The van der Waals surface area contributed by atoms with Crippen LogP contribution in [0.2, 0.25) is 0 Å². The van der Waals surface area contributed by atoms with Crippen molar-refractivity contribution in [1.82, 2.24) is 10.2 Å². The predicted octanol–water partition coefficient (Wildman–Crippen LogP) is 3.90. The molecule has 10 heteroatoms. The summed E-state index contributed by atoms with van der Waals surface area (Å²) in [5.74, 6) is -0.283. The first kappa shape index (κ1) is 23.4. The molecule has 1 spiro atoms. The fourth-order valence-corrected chi connectivity index (χ4v) is 6.46. The summed E-state index contributed by atoms with van der Waals surface area (Å²) < 4.78 is 50.5. The van der Waals surface area contributed by atoms with Crippen LogP contribution in [0.5, 0.6) is 0 Å². The number of anilines is 1. The van der Waals surface area contributed by atoms with Crippen LogP contribution in [0, 0.1) is 11.3 Å². The predicted molar refractivity (Wildman–Crippen MR) is 117 cm³/mol. The molecule has 1 aromatic rings. The molecule has 2 saturated heterocycles. The first-order valence-electron chi connectivity index (χ1n) is 11.9. The van der Waals surface area contributed by atoms with E-state index in [2.05, 4.69) is 5.32 Å². The zero-order valence-electron chi connectivity index (χ0n) is 19.4. The third-order valence-electron chi connectivity index (χ3n) is 8.21. The van der Waals surface area contributed by atoms with E-state index in [4.69, 9.17) is 9.47 Å². The van der Waals surface area contributed by atoms with Crippen LogP contribution in [0.1, 0.15) is 50.2 Å². The Morgan fingerprint density at radius 2 is 1.94 bits per heavy atom. The molecule has 1 saturated carbocycles. The number of hydrogen-bond acceptors (Lipinski definition) is 5. The number of methoxy groups -OCH3 is 1. The Kier molecular flexibility index (Phi) is 5.79. The lowest BCUT2D eigenvalue weighted by Crippen LogP contribution is -2.54. The molecule has 1 aliphatic carbocycles. The summed E-state index contributed by atoms with van der Waals surface area (Å²) in [5.41, 5.74) is -0.795. The number of nitrogens with one attached hydrogen (secondary N) is 1. The van der Waals surface area contributed by atoms with Crippen LogP contribution in [0.25, 0.3) is 0 Å². The lowest BCUT2D eigenvalue weighted by Gasteiger charge is -2.42. The summed E-state index contributed by atoms with van der Waals surface area (Å²) in [6, 6.07) is 3.87. The smallest absolute Gasteiger partial charge is 0.416 e. The minimum atomic E-state index is -4.51. The van der Waals surface area contributed by atoms with Crippen molar-refractivity contribution >= 4 is 17.7 Å². The molecule has 1 aromatic carbocycles. The van der Waals surface area contributed by atoms with Crippen LogP contribution >= 0.6 is 0 Å². The number of alkyl halides is 3. The normalized spacial score (nSPS) is 31.7. The number of halogens is 3. The average Bonchev–Trinajstić information content (AvgIpc) is 3.33. The van der Waals surface area contributed by atoms with Gasteiger partial charge < -0.3 is 19.7 Å². The van der Waals surface area contributed by atoms with Crippen molar-refractivity contribution in [1.29, 1.82) is 0 Å². The summed E-state index contributed by atoms with van der Waals surface area (Å²) in [5, 5.41) is 3.70. The highest BCUT2D eigenvalue weighted by Gasteiger charge is 2.63. The van der Waals surface area contributed by atoms with Gasteiger partial charge in [0.15, 0.2) is 0 Å². The van der Waals surface area contributed by atoms with E-state index >= 15 is 0 Å². The van der Waals surface area contributed by atoms with E-state index in [1.54, 1.807) is 4.90 Å². The Labute approximate surface area is 196 Å². The number of rotatable bonds is 2. The monoisotopic (exact) mass is 481 g/mol. The SMILES string of the molecule is COC(=O)N1c2ccc(C(F)(F)F)cc2CN2C(=O)[C@]3(CC[C@@H](NC4CCOCC4)C3)C(C)C21. The summed E-state index contributed by atoms with van der Waals surface area (Å²) in [7, 11) is 1.24. The molecule has 0 aromatic heterocycles. The highest BCUT2D eigenvalue weighted by atomic mass is 19.4. The van der Waals surface area contributed by atoms with E-state index in [1.165, 1.54) is 18.1 Å². The van der Waals surface area contributed by atoms with Gasteiger partial charge in [-0.25, -0.2) is 4.79 Å². The van der Waals surface area contributed by atoms with Gasteiger partial charge in [-0.2, -0.15) is 13.2 Å². The molecular formula is C24H30F3N3O4. The Morgan fingerprint density at radius 3 is 2.62 bits per heavy atom. The fourth-order valence-electron chi connectivity index (χ4n) is 6.46. The molecule has 4 aliphatic rings. The molecule has 2 amide bonds. The van der Waals surface area contributed by atoms with E-state index in [1.807, 2.05) is 6.92 Å². The van der Waals surface area contributed by atoms with Gasteiger partial charge in [-0.3, -0.25) is 9.69 Å². The van der Waals surface area contributed by atoms with Gasteiger partial charge in [-0.1, -0.05) is 6.92 Å². The number of hydrogen-bond donors (Lipinski definition) is 1. The molecule has 1 N–H and O–H groups in total. The maximum atomic E-state index is 13.8. The van der Waals surface area contributed by atoms with Gasteiger partial charge in [0.05, 0.1) is 23.8 Å². The number of carbonyl (C=O) groups excluding carboxylic acids is 2. The van der Waals surface area contributed by atoms with Gasteiger partial charge in [-0.05, 0) is 55.9 Å². The van der Waals surface area contributed by atoms with Crippen LogP contribution < -0.4 is 10.2 Å². The van der Waals surface area contributed by atoms with Gasteiger partial charge in [-0.15, -0.1) is 0 Å². The minimum Gasteiger partial charge on any atom is -0.452 e. The third-order valence-corrected chi connectivity index (χ3v) is 8.21. The van der Waals surface area contributed by atoms with Crippen LogP contribution in [-0.2, 0) is 27.0 Å². The fraction of sp³-hybridized carbons (Fsp3) is 0.667. The second-order valence-corrected chi connectivity index (χ2v) is 9.97. The number of benzene rings is 1. The Morgan fingerprint density at radius 1 is 1.21 bits per heavy atom. The second kappa shape index (κ2) is 8.41. The van der Waals surface area contributed by atoms with Crippen LogP contribution in [0.4, 0.5) is 23.7 Å². The molecule has 0 radical (unpaired) electrons. The first-order chi connectivity index (χ1) is 16.2. The zero-order chi connectivity index (χ0) is 24.3. The molecule has 186 valence electrons. The van der Waals surface area contributed by atoms with Crippen molar-refractivity contribution in [2.75, 3.05) is 25.2 Å². The summed E-state index contributed by atoms with van der Waals surface area (Å²) >= 11 is 0. The number of nitrogens with zero attached hydrogens (tertiary/aromatic N) is 2. The maximum Gasteiger partial charge on any atom is 0.416 e. The van der Waals surface area contributed by atoms with Crippen LogP contribution in [-0.4, -0.2) is 55.5 Å². The number of ether oxygens (including phenoxy) is 2. The quantitative estimate of drug-likeness (QED) is 0.694. The second-order valence-electron chi connectivity index (χ2n) is 9.97. The Hall–Kier alpha value is -2.33. The Balaban J connectivity index is 1.45. The summed E-state index contributed by atoms with van der Waals surface area (Å²) in [6.45, 7) is 3.48. The lowest BCUT2D eigenvalue weighted by atomic mass is 9.75. The van der Waals surface area contributed by atoms with Crippen LogP contribution in [0.3, 0.4) is 0 Å². The van der Waals surface area contributed by atoms with E-state index in [0.29, 0.717) is 30.1 Å². The highest BCUT2D eigenvalue weighted by Crippen LogP contribution is 2.56.